The predicted molar refractivity (Wildman–Crippen MR) is 97.1 cm³/mol. The Morgan fingerprint density at radius 2 is 1.62 bits per heavy atom. The van der Waals surface area contributed by atoms with Crippen LogP contribution in [-0.4, -0.2) is 49.7 Å². The van der Waals surface area contributed by atoms with Gasteiger partial charge < -0.3 is 4.90 Å². The van der Waals surface area contributed by atoms with E-state index in [1.807, 2.05) is 0 Å². The topological polar surface area (TPSA) is 57.7 Å². The van der Waals surface area contributed by atoms with Crippen LogP contribution in [0.4, 0.5) is 17.6 Å². The zero-order chi connectivity index (χ0) is 21.2. The van der Waals surface area contributed by atoms with Gasteiger partial charge in [0.2, 0.25) is 15.9 Å². The molecule has 2 aromatic carbocycles. The molecule has 10 heteroatoms. The van der Waals surface area contributed by atoms with Crippen LogP contribution in [0.2, 0.25) is 0 Å². The van der Waals surface area contributed by atoms with Gasteiger partial charge in [-0.1, -0.05) is 12.1 Å². The fraction of sp³-hybridized carbons (Fsp3) is 0.211. The Balaban J connectivity index is 1.67. The second-order valence-electron chi connectivity index (χ2n) is 6.29. The highest BCUT2D eigenvalue weighted by Gasteiger charge is 2.33. The van der Waals surface area contributed by atoms with Crippen LogP contribution in [-0.2, 0) is 14.8 Å². The molecule has 1 aliphatic heterocycles. The molecule has 1 amide bonds. The van der Waals surface area contributed by atoms with Crippen LogP contribution in [0.3, 0.4) is 0 Å². The highest BCUT2D eigenvalue weighted by molar-refractivity contribution is 7.89. The molecule has 0 atom stereocenters. The first-order valence-corrected chi connectivity index (χ1v) is 10.0. The normalized spacial score (nSPS) is 15.8. The largest absolute Gasteiger partial charge is 0.337 e. The van der Waals surface area contributed by atoms with Crippen molar-refractivity contribution >= 4 is 22.0 Å². The summed E-state index contributed by atoms with van der Waals surface area (Å²) in [6, 6.07) is 6.86. The lowest BCUT2D eigenvalue weighted by Gasteiger charge is -2.33. The minimum Gasteiger partial charge on any atom is -0.337 e. The molecule has 3 rings (SSSR count). The quantitative estimate of drug-likeness (QED) is 0.428. The van der Waals surface area contributed by atoms with Gasteiger partial charge in [-0.2, -0.15) is 4.31 Å². The van der Waals surface area contributed by atoms with Gasteiger partial charge in [0, 0.05) is 32.3 Å². The molecule has 1 saturated heterocycles. The molecule has 1 aliphatic rings. The maximum atomic E-state index is 13.9. The molecule has 0 radical (unpaired) electrons. The van der Waals surface area contributed by atoms with Crippen molar-refractivity contribution < 1.29 is 30.8 Å². The number of rotatable bonds is 4. The third kappa shape index (κ3) is 4.48. The number of carbonyl (C=O) groups is 1. The molecule has 5 nitrogen and oxygen atoms in total. The summed E-state index contributed by atoms with van der Waals surface area (Å²) < 4.78 is 79.5. The second kappa shape index (κ2) is 8.34. The SMILES string of the molecule is O=C(C=Cc1cccc(F)c1)N1CCN(S(=O)(=O)c2ccc(F)c(F)c2F)CC1. The third-order valence-electron chi connectivity index (χ3n) is 4.43. The summed E-state index contributed by atoms with van der Waals surface area (Å²) in [5.41, 5.74) is 0.494. The number of piperazine rings is 1. The molecule has 0 aromatic heterocycles. The minimum absolute atomic E-state index is 0.0247. The average Bonchev–Trinajstić information content (AvgIpc) is 2.70. The molecule has 0 saturated carbocycles. The van der Waals surface area contributed by atoms with Crippen LogP contribution in [0, 0.1) is 23.3 Å². The first-order valence-electron chi connectivity index (χ1n) is 8.56. The highest BCUT2D eigenvalue weighted by Crippen LogP contribution is 2.24. The van der Waals surface area contributed by atoms with Gasteiger partial charge in [0.1, 0.15) is 10.7 Å². The van der Waals surface area contributed by atoms with Crippen molar-refractivity contribution in [3.8, 4) is 0 Å². The van der Waals surface area contributed by atoms with E-state index in [4.69, 9.17) is 0 Å². The van der Waals surface area contributed by atoms with E-state index in [2.05, 4.69) is 0 Å². The van der Waals surface area contributed by atoms with Gasteiger partial charge in [-0.25, -0.2) is 26.0 Å². The molecule has 0 spiro atoms. The zero-order valence-corrected chi connectivity index (χ0v) is 15.8. The van der Waals surface area contributed by atoms with Crippen LogP contribution in [0.5, 0.6) is 0 Å². The molecule has 0 aliphatic carbocycles. The Bertz CT molecular complexity index is 1070. The number of sulfonamides is 1. The standard InChI is InChI=1S/C19H16F4N2O3S/c20-14-3-1-2-13(12-14)4-7-17(26)24-8-10-25(11-9-24)29(27,28)16-6-5-15(21)18(22)19(16)23/h1-7,12H,8-11H2. The van der Waals surface area contributed by atoms with Crippen LogP contribution in [0.15, 0.2) is 47.4 Å². The van der Waals surface area contributed by atoms with Crippen molar-refractivity contribution in [2.75, 3.05) is 26.2 Å². The van der Waals surface area contributed by atoms with Gasteiger partial charge in [-0.05, 0) is 35.9 Å². The number of amides is 1. The van der Waals surface area contributed by atoms with Gasteiger partial charge in [0.15, 0.2) is 17.5 Å². The van der Waals surface area contributed by atoms with Gasteiger partial charge in [0.25, 0.3) is 0 Å². The van der Waals surface area contributed by atoms with E-state index in [1.165, 1.54) is 35.3 Å². The minimum atomic E-state index is -4.39. The third-order valence-corrected chi connectivity index (χ3v) is 6.35. The second-order valence-corrected chi connectivity index (χ2v) is 8.20. The van der Waals surface area contributed by atoms with Crippen LogP contribution in [0.25, 0.3) is 6.08 Å². The van der Waals surface area contributed by atoms with E-state index in [0.717, 1.165) is 4.31 Å². The van der Waals surface area contributed by atoms with E-state index >= 15 is 0 Å². The lowest BCUT2D eigenvalue weighted by Crippen LogP contribution is -2.50. The van der Waals surface area contributed by atoms with Crippen molar-refractivity contribution in [3.63, 3.8) is 0 Å². The zero-order valence-electron chi connectivity index (χ0n) is 15.0. The number of hydrogen-bond donors (Lipinski definition) is 0. The fourth-order valence-corrected chi connectivity index (χ4v) is 4.36. The number of halogens is 4. The Labute approximate surface area is 164 Å². The number of nitrogens with zero attached hydrogens (tertiary/aromatic N) is 2. The Morgan fingerprint density at radius 3 is 2.28 bits per heavy atom. The van der Waals surface area contributed by atoms with Crippen molar-refractivity contribution in [3.05, 3.63) is 71.3 Å². The molecular weight excluding hydrogens is 412 g/mol. The first-order chi connectivity index (χ1) is 13.7. The molecule has 1 fully saturated rings. The molecule has 29 heavy (non-hydrogen) atoms. The van der Waals surface area contributed by atoms with Gasteiger partial charge >= 0.3 is 0 Å². The van der Waals surface area contributed by atoms with Crippen LogP contribution in [0.1, 0.15) is 5.56 Å². The number of benzene rings is 2. The molecule has 0 bridgehead atoms. The maximum Gasteiger partial charge on any atom is 0.246 e. The summed E-state index contributed by atoms with van der Waals surface area (Å²) in [6.07, 6.45) is 2.68. The molecule has 154 valence electrons. The number of carbonyl (C=O) groups excluding carboxylic acids is 1. The first kappa shape index (κ1) is 21.0. The van der Waals surface area contributed by atoms with Crippen molar-refractivity contribution in [1.29, 1.82) is 0 Å². The summed E-state index contributed by atoms with van der Waals surface area (Å²) in [7, 11) is -4.39. The van der Waals surface area contributed by atoms with E-state index in [0.29, 0.717) is 17.7 Å². The lowest BCUT2D eigenvalue weighted by molar-refractivity contribution is -0.127. The predicted octanol–water partition coefficient (Wildman–Crippen LogP) is 2.79. The average molecular weight is 428 g/mol. The van der Waals surface area contributed by atoms with Gasteiger partial charge in [0.05, 0.1) is 0 Å². The molecular formula is C19H16F4N2O3S. The van der Waals surface area contributed by atoms with E-state index < -0.39 is 44.1 Å². The smallest absolute Gasteiger partial charge is 0.246 e. The van der Waals surface area contributed by atoms with Gasteiger partial charge in [-0.15, -0.1) is 0 Å². The lowest BCUT2D eigenvalue weighted by atomic mass is 10.2. The molecule has 0 N–H and O–H groups in total. The molecule has 1 heterocycles. The van der Waals surface area contributed by atoms with E-state index in [1.54, 1.807) is 6.07 Å². The van der Waals surface area contributed by atoms with Crippen LogP contribution < -0.4 is 0 Å². The van der Waals surface area contributed by atoms with Crippen molar-refractivity contribution in [1.82, 2.24) is 9.21 Å². The summed E-state index contributed by atoms with van der Waals surface area (Å²) in [5, 5.41) is 0. The van der Waals surface area contributed by atoms with Crippen molar-refractivity contribution in [2.45, 2.75) is 4.90 Å². The monoisotopic (exact) mass is 428 g/mol. The van der Waals surface area contributed by atoms with Crippen LogP contribution >= 0.6 is 0 Å². The fourth-order valence-electron chi connectivity index (χ4n) is 2.88. The van der Waals surface area contributed by atoms with Crippen molar-refractivity contribution in [2.24, 2.45) is 0 Å². The maximum absolute atomic E-state index is 13.9. The Morgan fingerprint density at radius 1 is 0.931 bits per heavy atom. The molecule has 2 aromatic rings. The Kier molecular flexibility index (Phi) is 6.04. The number of hydrogen-bond acceptors (Lipinski definition) is 3. The summed E-state index contributed by atoms with van der Waals surface area (Å²) in [6.45, 7) is -0.228. The van der Waals surface area contributed by atoms with Gasteiger partial charge in [-0.3, -0.25) is 4.79 Å². The van der Waals surface area contributed by atoms with E-state index in [9.17, 15) is 30.8 Å². The summed E-state index contributed by atoms with van der Waals surface area (Å²) >= 11 is 0. The Hall–Kier alpha value is -2.72. The highest BCUT2D eigenvalue weighted by atomic mass is 32.2. The van der Waals surface area contributed by atoms with E-state index in [-0.39, 0.29) is 26.2 Å². The molecule has 0 unspecified atom stereocenters. The summed E-state index contributed by atoms with van der Waals surface area (Å²) in [4.78, 5) is 12.7. The summed E-state index contributed by atoms with van der Waals surface area (Å²) in [5.74, 6) is -5.96.